The Morgan fingerprint density at radius 2 is 1.95 bits per heavy atom. The number of cyclic esters (lactones) is 1. The minimum absolute atomic E-state index is 0.198. The molecule has 0 saturated carbocycles. The minimum Gasteiger partial charge on any atom is -0.464 e. The molecular weight excluding hydrogens is 336 g/mol. The van der Waals surface area contributed by atoms with E-state index in [2.05, 4.69) is 0 Å². The number of nitrogens with zero attached hydrogens (tertiary/aromatic N) is 2. The zero-order chi connectivity index (χ0) is 15.0. The van der Waals surface area contributed by atoms with Gasteiger partial charge in [0.15, 0.2) is 0 Å². The van der Waals surface area contributed by atoms with Crippen LogP contribution >= 0.6 is 22.9 Å². The first-order valence-electron chi connectivity index (χ1n) is 6.64. The van der Waals surface area contributed by atoms with Gasteiger partial charge in [0.25, 0.3) is 10.0 Å². The van der Waals surface area contributed by atoms with E-state index in [0.717, 1.165) is 11.3 Å². The topological polar surface area (TPSA) is 66.9 Å². The Morgan fingerprint density at radius 3 is 2.48 bits per heavy atom. The third-order valence-electron chi connectivity index (χ3n) is 3.76. The van der Waals surface area contributed by atoms with Crippen molar-refractivity contribution in [1.82, 2.24) is 9.21 Å². The second kappa shape index (κ2) is 5.85. The van der Waals surface area contributed by atoms with E-state index in [-0.39, 0.29) is 16.2 Å². The monoisotopic (exact) mass is 350 g/mol. The van der Waals surface area contributed by atoms with Crippen LogP contribution in [0.15, 0.2) is 16.3 Å². The number of hydrogen-bond donors (Lipinski definition) is 0. The van der Waals surface area contributed by atoms with Crippen LogP contribution in [0, 0.1) is 0 Å². The fourth-order valence-corrected chi connectivity index (χ4v) is 5.70. The summed E-state index contributed by atoms with van der Waals surface area (Å²) < 4.78 is 32.1. The quantitative estimate of drug-likeness (QED) is 0.761. The summed E-state index contributed by atoms with van der Waals surface area (Å²) in [5.41, 5.74) is 0. The maximum atomic E-state index is 12.5. The second-order valence-electron chi connectivity index (χ2n) is 4.97. The third kappa shape index (κ3) is 2.95. The zero-order valence-corrected chi connectivity index (χ0v) is 13.6. The van der Waals surface area contributed by atoms with Gasteiger partial charge in [-0.15, -0.1) is 11.3 Å². The summed E-state index contributed by atoms with van der Waals surface area (Å²) in [6.07, 6.45) is 0.687. The Hall–Kier alpha value is -0.670. The summed E-state index contributed by atoms with van der Waals surface area (Å²) in [5.74, 6) is -0.198. The van der Waals surface area contributed by atoms with Gasteiger partial charge in [-0.3, -0.25) is 9.69 Å². The molecule has 6 nitrogen and oxygen atoms in total. The number of carbonyl (C=O) groups excluding carboxylic acids is 1. The molecule has 0 amide bonds. The van der Waals surface area contributed by atoms with Crippen LogP contribution < -0.4 is 0 Å². The van der Waals surface area contributed by atoms with Gasteiger partial charge >= 0.3 is 5.97 Å². The van der Waals surface area contributed by atoms with Crippen molar-refractivity contribution in [3.8, 4) is 0 Å². The third-order valence-corrected chi connectivity index (χ3v) is 7.36. The number of ether oxygens (including phenoxy) is 1. The molecular formula is C12H15ClN2O4S2. The van der Waals surface area contributed by atoms with Crippen molar-refractivity contribution in [3.05, 3.63) is 16.5 Å². The van der Waals surface area contributed by atoms with Crippen molar-refractivity contribution in [2.45, 2.75) is 16.7 Å². The number of carbonyl (C=O) groups is 1. The highest BCUT2D eigenvalue weighted by Crippen LogP contribution is 2.29. The lowest BCUT2D eigenvalue weighted by Crippen LogP contribution is -2.52. The van der Waals surface area contributed by atoms with E-state index >= 15 is 0 Å². The van der Waals surface area contributed by atoms with Crippen LogP contribution in [-0.2, 0) is 19.6 Å². The summed E-state index contributed by atoms with van der Waals surface area (Å²) in [6, 6.07) is 2.90. The van der Waals surface area contributed by atoms with Gasteiger partial charge in [0.05, 0.1) is 10.9 Å². The van der Waals surface area contributed by atoms with E-state index in [1.165, 1.54) is 10.4 Å². The number of halogens is 1. The van der Waals surface area contributed by atoms with Gasteiger partial charge in [-0.25, -0.2) is 8.42 Å². The lowest BCUT2D eigenvalue weighted by Gasteiger charge is -2.35. The molecule has 2 aliphatic heterocycles. The van der Waals surface area contributed by atoms with Gasteiger partial charge in [0.1, 0.15) is 10.3 Å². The van der Waals surface area contributed by atoms with Gasteiger partial charge in [-0.05, 0) is 12.1 Å². The van der Waals surface area contributed by atoms with Gasteiger partial charge in [0.2, 0.25) is 0 Å². The molecule has 1 atom stereocenters. The number of thiophene rings is 1. The van der Waals surface area contributed by atoms with Gasteiger partial charge < -0.3 is 4.74 Å². The molecule has 3 rings (SSSR count). The number of sulfonamides is 1. The van der Waals surface area contributed by atoms with Crippen molar-refractivity contribution >= 4 is 38.9 Å². The van der Waals surface area contributed by atoms with Crippen LogP contribution in [0.1, 0.15) is 6.42 Å². The molecule has 1 aromatic heterocycles. The SMILES string of the molecule is O=C1OCC[C@H]1N1CCN(S(=O)(=O)c2ccc(Cl)s2)CC1. The van der Waals surface area contributed by atoms with Crippen LogP contribution in [0.25, 0.3) is 0 Å². The highest BCUT2D eigenvalue weighted by Gasteiger charge is 2.36. The lowest BCUT2D eigenvalue weighted by atomic mass is 10.2. The van der Waals surface area contributed by atoms with E-state index in [1.807, 2.05) is 4.90 Å². The summed E-state index contributed by atoms with van der Waals surface area (Å²) in [4.78, 5) is 13.6. The maximum absolute atomic E-state index is 12.5. The van der Waals surface area contributed by atoms with Crippen molar-refractivity contribution in [2.75, 3.05) is 32.8 Å². The van der Waals surface area contributed by atoms with Gasteiger partial charge in [0, 0.05) is 32.6 Å². The van der Waals surface area contributed by atoms with E-state index in [9.17, 15) is 13.2 Å². The molecule has 2 aliphatic rings. The average Bonchev–Trinajstić information content (AvgIpc) is 3.08. The Kier molecular flexibility index (Phi) is 4.24. The molecule has 2 fully saturated rings. The second-order valence-corrected chi connectivity index (χ2v) is 8.85. The van der Waals surface area contributed by atoms with Crippen LogP contribution in [0.4, 0.5) is 0 Å². The van der Waals surface area contributed by atoms with Crippen LogP contribution in [0.3, 0.4) is 0 Å². The predicted molar refractivity (Wildman–Crippen MR) is 79.0 cm³/mol. The molecule has 0 N–H and O–H groups in total. The molecule has 0 spiro atoms. The Balaban J connectivity index is 1.67. The molecule has 0 radical (unpaired) electrons. The van der Waals surface area contributed by atoms with Crippen molar-refractivity contribution in [1.29, 1.82) is 0 Å². The summed E-state index contributed by atoms with van der Waals surface area (Å²) in [7, 11) is -3.48. The highest BCUT2D eigenvalue weighted by atomic mass is 35.5. The number of esters is 1. The zero-order valence-electron chi connectivity index (χ0n) is 11.2. The summed E-state index contributed by atoms with van der Waals surface area (Å²) >= 11 is 6.87. The number of piperazine rings is 1. The normalized spacial score (nSPS) is 25.2. The van der Waals surface area contributed by atoms with E-state index in [0.29, 0.717) is 43.5 Å². The predicted octanol–water partition coefficient (Wildman–Crippen LogP) is 1.02. The lowest BCUT2D eigenvalue weighted by molar-refractivity contribution is -0.142. The Bertz CT molecular complexity index is 637. The molecule has 3 heterocycles. The van der Waals surface area contributed by atoms with Crippen LogP contribution in [-0.4, -0.2) is 62.4 Å². The maximum Gasteiger partial charge on any atom is 0.323 e. The van der Waals surface area contributed by atoms with Crippen LogP contribution in [0.2, 0.25) is 4.34 Å². The highest BCUT2D eigenvalue weighted by molar-refractivity contribution is 7.91. The smallest absolute Gasteiger partial charge is 0.323 e. The standard InChI is InChI=1S/C12H15ClN2O4S2/c13-10-1-2-11(20-10)21(17,18)15-6-4-14(5-7-15)9-3-8-19-12(9)16/h1-2,9H,3-8H2/t9-/m1/s1. The molecule has 0 bridgehead atoms. The number of hydrogen-bond acceptors (Lipinski definition) is 6. The van der Waals surface area contributed by atoms with Crippen molar-refractivity contribution < 1.29 is 17.9 Å². The molecule has 2 saturated heterocycles. The molecule has 0 aromatic carbocycles. The van der Waals surface area contributed by atoms with Crippen molar-refractivity contribution in [3.63, 3.8) is 0 Å². The van der Waals surface area contributed by atoms with Gasteiger partial charge in [-0.2, -0.15) is 4.31 Å². The van der Waals surface area contributed by atoms with E-state index in [1.54, 1.807) is 6.07 Å². The summed E-state index contributed by atoms with van der Waals surface area (Å²) in [6.45, 7) is 2.29. The van der Waals surface area contributed by atoms with Crippen LogP contribution in [0.5, 0.6) is 0 Å². The minimum atomic E-state index is -3.48. The van der Waals surface area contributed by atoms with Crippen molar-refractivity contribution in [2.24, 2.45) is 0 Å². The average molecular weight is 351 g/mol. The molecule has 0 unspecified atom stereocenters. The first-order chi connectivity index (χ1) is 9.98. The van der Waals surface area contributed by atoms with Gasteiger partial charge in [-0.1, -0.05) is 11.6 Å². The fraction of sp³-hybridized carbons (Fsp3) is 0.583. The first kappa shape index (κ1) is 15.2. The largest absolute Gasteiger partial charge is 0.464 e. The Morgan fingerprint density at radius 1 is 1.24 bits per heavy atom. The molecule has 116 valence electrons. The summed E-state index contributed by atoms with van der Waals surface area (Å²) in [5, 5.41) is 0. The fourth-order valence-electron chi connectivity index (χ4n) is 2.64. The van der Waals surface area contributed by atoms with E-state index in [4.69, 9.17) is 16.3 Å². The molecule has 9 heteroatoms. The molecule has 1 aromatic rings. The first-order valence-corrected chi connectivity index (χ1v) is 9.28. The Labute approximate surface area is 132 Å². The molecule has 21 heavy (non-hydrogen) atoms. The van der Waals surface area contributed by atoms with E-state index < -0.39 is 10.0 Å². The number of rotatable bonds is 3. The molecule has 0 aliphatic carbocycles.